The number of hydrogen-bond acceptors (Lipinski definition) is 3. The van der Waals surface area contributed by atoms with Crippen LogP contribution < -0.4 is 5.73 Å². The minimum atomic E-state index is -0.290. The van der Waals surface area contributed by atoms with Crippen LogP contribution in [0.3, 0.4) is 0 Å². The second kappa shape index (κ2) is 7.40. The Morgan fingerprint density at radius 3 is 2.32 bits per heavy atom. The summed E-state index contributed by atoms with van der Waals surface area (Å²) in [6.07, 6.45) is 1.46. The number of nitrogens with zero attached hydrogens (tertiary/aromatic N) is 2. The average molecular weight is 303 g/mol. The summed E-state index contributed by atoms with van der Waals surface area (Å²) in [5, 5.41) is 0. The molecular formula is C17H25N3O2. The summed E-state index contributed by atoms with van der Waals surface area (Å²) in [7, 11) is 3.55. The van der Waals surface area contributed by atoms with Gasteiger partial charge in [-0.25, -0.2) is 0 Å². The van der Waals surface area contributed by atoms with Crippen molar-refractivity contribution in [1.82, 2.24) is 9.80 Å². The fourth-order valence-electron chi connectivity index (χ4n) is 3.00. The summed E-state index contributed by atoms with van der Waals surface area (Å²) in [5.41, 5.74) is 6.78. The fourth-order valence-corrected chi connectivity index (χ4v) is 3.00. The number of likely N-dealkylation sites (tertiary alicyclic amines) is 1. The lowest BCUT2D eigenvalue weighted by atomic mass is 9.92. The molecule has 1 atom stereocenters. The maximum atomic E-state index is 12.7. The molecule has 2 N–H and O–H groups in total. The number of benzene rings is 1. The summed E-state index contributed by atoms with van der Waals surface area (Å²) in [6.45, 7) is 1.57. The van der Waals surface area contributed by atoms with E-state index < -0.39 is 0 Å². The maximum absolute atomic E-state index is 12.7. The van der Waals surface area contributed by atoms with E-state index >= 15 is 0 Å². The first kappa shape index (κ1) is 16.5. The van der Waals surface area contributed by atoms with Gasteiger partial charge in [-0.2, -0.15) is 0 Å². The molecule has 1 saturated heterocycles. The molecule has 0 aromatic heterocycles. The summed E-state index contributed by atoms with van der Waals surface area (Å²) in [5.74, 6) is -0.0237. The third-order valence-electron chi connectivity index (χ3n) is 4.33. The van der Waals surface area contributed by atoms with Crippen LogP contribution in [0.5, 0.6) is 0 Å². The van der Waals surface area contributed by atoms with E-state index in [1.807, 2.05) is 35.2 Å². The van der Waals surface area contributed by atoms with Gasteiger partial charge in [-0.1, -0.05) is 30.3 Å². The van der Waals surface area contributed by atoms with Crippen molar-refractivity contribution in [3.05, 3.63) is 35.9 Å². The summed E-state index contributed by atoms with van der Waals surface area (Å²) in [4.78, 5) is 28.2. The Morgan fingerprint density at radius 2 is 1.82 bits per heavy atom. The van der Waals surface area contributed by atoms with Crippen LogP contribution in [0.1, 0.15) is 24.3 Å². The second-order valence-electron chi connectivity index (χ2n) is 6.03. The third kappa shape index (κ3) is 3.65. The van der Waals surface area contributed by atoms with Crippen molar-refractivity contribution in [3.8, 4) is 0 Å². The van der Waals surface area contributed by atoms with Crippen LogP contribution >= 0.6 is 0 Å². The van der Waals surface area contributed by atoms with Crippen LogP contribution in [0.15, 0.2) is 30.3 Å². The number of hydrogen-bond donors (Lipinski definition) is 1. The quantitative estimate of drug-likeness (QED) is 0.904. The van der Waals surface area contributed by atoms with Crippen molar-refractivity contribution >= 4 is 11.8 Å². The van der Waals surface area contributed by atoms with Gasteiger partial charge in [0.15, 0.2) is 0 Å². The smallest absolute Gasteiger partial charge is 0.231 e. The number of carbonyl (C=O) groups is 2. The van der Waals surface area contributed by atoms with E-state index in [0.717, 1.165) is 18.4 Å². The van der Waals surface area contributed by atoms with Crippen LogP contribution in [0.4, 0.5) is 0 Å². The van der Waals surface area contributed by atoms with Gasteiger partial charge in [-0.15, -0.1) is 0 Å². The van der Waals surface area contributed by atoms with Crippen molar-refractivity contribution in [1.29, 1.82) is 0 Å². The lowest BCUT2D eigenvalue weighted by molar-refractivity contribution is -0.139. The highest BCUT2D eigenvalue weighted by atomic mass is 16.2. The average Bonchev–Trinajstić information content (AvgIpc) is 2.56. The van der Waals surface area contributed by atoms with Crippen LogP contribution in [0.25, 0.3) is 0 Å². The molecule has 1 aliphatic rings. The van der Waals surface area contributed by atoms with Gasteiger partial charge in [0.05, 0.1) is 5.92 Å². The molecule has 0 radical (unpaired) electrons. The Morgan fingerprint density at radius 1 is 1.23 bits per heavy atom. The maximum Gasteiger partial charge on any atom is 0.231 e. The number of amides is 2. The molecule has 120 valence electrons. The van der Waals surface area contributed by atoms with Crippen LogP contribution in [0.2, 0.25) is 0 Å². The van der Waals surface area contributed by atoms with Crippen molar-refractivity contribution in [2.24, 2.45) is 11.7 Å². The Labute approximate surface area is 132 Å². The highest BCUT2D eigenvalue weighted by Crippen LogP contribution is 2.23. The molecule has 5 heteroatoms. The number of rotatable bonds is 4. The molecule has 1 heterocycles. The van der Waals surface area contributed by atoms with Crippen LogP contribution in [-0.2, 0) is 9.59 Å². The first-order valence-corrected chi connectivity index (χ1v) is 7.79. The van der Waals surface area contributed by atoms with E-state index in [9.17, 15) is 9.59 Å². The van der Waals surface area contributed by atoms with E-state index in [1.165, 1.54) is 0 Å². The zero-order valence-corrected chi connectivity index (χ0v) is 13.4. The first-order chi connectivity index (χ1) is 10.5. The highest BCUT2D eigenvalue weighted by molar-refractivity contribution is 5.84. The normalized spacial score (nSPS) is 17.1. The Hall–Kier alpha value is -1.88. The third-order valence-corrected chi connectivity index (χ3v) is 4.33. The molecule has 1 aliphatic heterocycles. The molecule has 0 saturated carbocycles. The van der Waals surface area contributed by atoms with Gasteiger partial charge in [0.25, 0.3) is 0 Å². The van der Waals surface area contributed by atoms with Crippen LogP contribution in [0, 0.1) is 5.92 Å². The minimum absolute atomic E-state index is 0.0344. The Bertz CT molecular complexity index is 508. The van der Waals surface area contributed by atoms with Gasteiger partial charge in [-0.05, 0) is 18.4 Å². The summed E-state index contributed by atoms with van der Waals surface area (Å²) >= 11 is 0. The Kier molecular flexibility index (Phi) is 5.55. The molecule has 1 aromatic rings. The van der Waals surface area contributed by atoms with Crippen molar-refractivity contribution in [2.75, 3.05) is 33.7 Å². The monoisotopic (exact) mass is 303 g/mol. The van der Waals surface area contributed by atoms with Crippen molar-refractivity contribution in [3.63, 3.8) is 0 Å². The summed E-state index contributed by atoms with van der Waals surface area (Å²) < 4.78 is 0. The molecule has 0 spiro atoms. The number of carbonyl (C=O) groups excluding carboxylic acids is 2. The molecule has 2 amide bonds. The van der Waals surface area contributed by atoms with Gasteiger partial charge >= 0.3 is 0 Å². The lowest BCUT2D eigenvalue weighted by Crippen LogP contribution is -2.45. The van der Waals surface area contributed by atoms with Crippen molar-refractivity contribution in [2.45, 2.75) is 18.8 Å². The molecule has 0 bridgehead atoms. The minimum Gasteiger partial charge on any atom is -0.349 e. The topological polar surface area (TPSA) is 66.6 Å². The fraction of sp³-hybridized carbons (Fsp3) is 0.529. The van der Waals surface area contributed by atoms with Gasteiger partial charge in [-0.3, -0.25) is 9.59 Å². The molecule has 1 unspecified atom stereocenters. The molecule has 1 aromatic carbocycles. The van der Waals surface area contributed by atoms with Gasteiger partial charge in [0.2, 0.25) is 11.8 Å². The number of piperidine rings is 1. The van der Waals surface area contributed by atoms with Crippen molar-refractivity contribution < 1.29 is 9.59 Å². The first-order valence-electron chi connectivity index (χ1n) is 7.79. The van der Waals surface area contributed by atoms with Gasteiger partial charge in [0.1, 0.15) is 0 Å². The van der Waals surface area contributed by atoms with E-state index in [2.05, 4.69) is 0 Å². The van der Waals surface area contributed by atoms with E-state index in [-0.39, 0.29) is 23.7 Å². The second-order valence-corrected chi connectivity index (χ2v) is 6.03. The van der Waals surface area contributed by atoms with Crippen LogP contribution in [-0.4, -0.2) is 55.3 Å². The lowest BCUT2D eigenvalue weighted by Gasteiger charge is -2.34. The molecule has 1 fully saturated rings. The van der Waals surface area contributed by atoms with E-state index in [4.69, 9.17) is 5.73 Å². The zero-order valence-electron chi connectivity index (χ0n) is 13.4. The van der Waals surface area contributed by atoms with E-state index in [0.29, 0.717) is 19.6 Å². The SMILES string of the molecule is CN(C)C(=O)C1CCN(C(=O)C(CN)c2ccccc2)CC1. The molecular weight excluding hydrogens is 278 g/mol. The molecule has 22 heavy (non-hydrogen) atoms. The van der Waals surface area contributed by atoms with E-state index in [1.54, 1.807) is 19.0 Å². The molecule has 0 aliphatic carbocycles. The molecule has 2 rings (SSSR count). The predicted octanol–water partition coefficient (Wildman–Crippen LogP) is 1.06. The largest absolute Gasteiger partial charge is 0.349 e. The Balaban J connectivity index is 1.98. The van der Waals surface area contributed by atoms with Gasteiger partial charge < -0.3 is 15.5 Å². The number of nitrogens with two attached hydrogens (primary N) is 1. The van der Waals surface area contributed by atoms with Gasteiger partial charge in [0, 0.05) is 39.6 Å². The predicted molar refractivity (Wildman–Crippen MR) is 86.2 cm³/mol. The highest BCUT2D eigenvalue weighted by Gasteiger charge is 2.31. The zero-order chi connectivity index (χ0) is 16.1. The standard InChI is InChI=1S/C17H25N3O2/c1-19(2)16(21)14-8-10-20(11-9-14)17(22)15(12-18)13-6-4-3-5-7-13/h3-7,14-15H,8-12,18H2,1-2H3. The molecule has 5 nitrogen and oxygen atoms in total. The summed E-state index contributed by atoms with van der Waals surface area (Å²) in [6, 6.07) is 9.66.